The number of aryl methyl sites for hydroxylation is 1. The van der Waals surface area contributed by atoms with Crippen molar-refractivity contribution in [2.75, 3.05) is 17.6 Å². The zero-order valence-corrected chi connectivity index (χ0v) is 10.5. The molecule has 0 bridgehead atoms. The van der Waals surface area contributed by atoms with Gasteiger partial charge in [-0.2, -0.15) is 4.98 Å². The standard InChI is InChI=1S/C12H15N5O2/c1-7-16-11(19-17-7)4-5-15-10-6-8(12(14)18)2-3-9(10)13/h2-3,6,15H,4-5,13H2,1H3,(H2,14,18). The largest absolute Gasteiger partial charge is 0.397 e. The van der Waals surface area contributed by atoms with Gasteiger partial charge in [0.15, 0.2) is 5.82 Å². The number of nitrogens with one attached hydrogen (secondary N) is 1. The molecule has 1 amide bonds. The molecule has 2 aromatic rings. The maximum atomic E-state index is 11.1. The van der Waals surface area contributed by atoms with Crippen molar-refractivity contribution in [3.63, 3.8) is 0 Å². The summed E-state index contributed by atoms with van der Waals surface area (Å²) in [6, 6.07) is 4.85. The quantitative estimate of drug-likeness (QED) is 0.682. The zero-order valence-electron chi connectivity index (χ0n) is 10.5. The smallest absolute Gasteiger partial charge is 0.248 e. The van der Waals surface area contributed by atoms with Gasteiger partial charge in [-0.3, -0.25) is 4.79 Å². The highest BCUT2D eigenvalue weighted by Crippen LogP contribution is 2.19. The third-order valence-corrected chi connectivity index (χ3v) is 2.56. The molecule has 1 aromatic heterocycles. The van der Waals surface area contributed by atoms with E-state index >= 15 is 0 Å². The lowest BCUT2D eigenvalue weighted by Gasteiger charge is -2.09. The molecule has 0 spiro atoms. The van der Waals surface area contributed by atoms with E-state index in [1.807, 2.05) is 0 Å². The van der Waals surface area contributed by atoms with Crippen molar-refractivity contribution in [3.8, 4) is 0 Å². The summed E-state index contributed by atoms with van der Waals surface area (Å²) < 4.78 is 4.99. The van der Waals surface area contributed by atoms with Crippen LogP contribution in [0.4, 0.5) is 11.4 Å². The number of amides is 1. The highest BCUT2D eigenvalue weighted by Gasteiger charge is 2.06. The van der Waals surface area contributed by atoms with Gasteiger partial charge in [0.25, 0.3) is 0 Å². The van der Waals surface area contributed by atoms with Crippen LogP contribution in [0.15, 0.2) is 22.7 Å². The lowest BCUT2D eigenvalue weighted by molar-refractivity contribution is 0.100. The molecule has 0 fully saturated rings. The van der Waals surface area contributed by atoms with Crippen molar-refractivity contribution in [1.29, 1.82) is 0 Å². The van der Waals surface area contributed by atoms with Crippen molar-refractivity contribution in [3.05, 3.63) is 35.5 Å². The van der Waals surface area contributed by atoms with Crippen molar-refractivity contribution >= 4 is 17.3 Å². The number of nitrogens with two attached hydrogens (primary N) is 2. The molecule has 0 aliphatic rings. The first-order valence-corrected chi connectivity index (χ1v) is 5.78. The van der Waals surface area contributed by atoms with E-state index in [-0.39, 0.29) is 0 Å². The number of aromatic nitrogens is 2. The Bertz CT molecular complexity index is 594. The molecular weight excluding hydrogens is 246 g/mol. The summed E-state index contributed by atoms with van der Waals surface area (Å²) in [6.45, 7) is 2.32. The Hall–Kier alpha value is -2.57. The fourth-order valence-corrected chi connectivity index (χ4v) is 1.61. The monoisotopic (exact) mass is 261 g/mol. The van der Waals surface area contributed by atoms with E-state index in [1.54, 1.807) is 25.1 Å². The molecule has 100 valence electrons. The van der Waals surface area contributed by atoms with Gasteiger partial charge < -0.3 is 21.3 Å². The van der Waals surface area contributed by atoms with Crippen LogP contribution >= 0.6 is 0 Å². The van der Waals surface area contributed by atoms with Crippen molar-refractivity contribution in [2.45, 2.75) is 13.3 Å². The van der Waals surface area contributed by atoms with Crippen LogP contribution in [0.1, 0.15) is 22.1 Å². The number of carbonyl (C=O) groups is 1. The lowest BCUT2D eigenvalue weighted by atomic mass is 10.1. The second kappa shape index (κ2) is 5.38. The Kier molecular flexibility index (Phi) is 3.65. The third-order valence-electron chi connectivity index (χ3n) is 2.56. The Morgan fingerprint density at radius 3 is 2.89 bits per heavy atom. The summed E-state index contributed by atoms with van der Waals surface area (Å²) >= 11 is 0. The second-order valence-electron chi connectivity index (χ2n) is 4.08. The maximum absolute atomic E-state index is 11.1. The molecule has 0 atom stereocenters. The molecule has 0 aliphatic heterocycles. The molecule has 19 heavy (non-hydrogen) atoms. The Labute approximate surface area is 110 Å². The van der Waals surface area contributed by atoms with Crippen LogP contribution in [0.2, 0.25) is 0 Å². The average molecular weight is 261 g/mol. The summed E-state index contributed by atoms with van der Waals surface area (Å²) in [4.78, 5) is 15.2. The maximum Gasteiger partial charge on any atom is 0.248 e. The van der Waals surface area contributed by atoms with E-state index in [4.69, 9.17) is 16.0 Å². The number of nitrogen functional groups attached to an aromatic ring is 1. The van der Waals surface area contributed by atoms with E-state index < -0.39 is 5.91 Å². The number of rotatable bonds is 5. The summed E-state index contributed by atoms with van der Waals surface area (Å²) in [6.07, 6.45) is 0.571. The van der Waals surface area contributed by atoms with Gasteiger partial charge in [0.2, 0.25) is 11.8 Å². The van der Waals surface area contributed by atoms with Gasteiger partial charge >= 0.3 is 0 Å². The van der Waals surface area contributed by atoms with Gasteiger partial charge in [-0.15, -0.1) is 0 Å². The van der Waals surface area contributed by atoms with Gasteiger partial charge in [-0.25, -0.2) is 0 Å². The van der Waals surface area contributed by atoms with Crippen LogP contribution < -0.4 is 16.8 Å². The van der Waals surface area contributed by atoms with Crippen LogP contribution in [0.3, 0.4) is 0 Å². The summed E-state index contributed by atoms with van der Waals surface area (Å²) in [5.41, 5.74) is 12.6. The predicted octanol–water partition coefficient (Wildman–Crippen LogP) is 0.714. The van der Waals surface area contributed by atoms with Gasteiger partial charge in [-0.05, 0) is 25.1 Å². The van der Waals surface area contributed by atoms with E-state index in [2.05, 4.69) is 15.5 Å². The SMILES string of the molecule is Cc1noc(CCNc2cc(C(N)=O)ccc2N)n1. The van der Waals surface area contributed by atoms with Crippen LogP contribution in [0.5, 0.6) is 0 Å². The topological polar surface area (TPSA) is 120 Å². The Morgan fingerprint density at radius 2 is 2.26 bits per heavy atom. The minimum Gasteiger partial charge on any atom is -0.397 e. The van der Waals surface area contributed by atoms with Crippen molar-refractivity contribution < 1.29 is 9.32 Å². The summed E-state index contributed by atoms with van der Waals surface area (Å²) in [5.74, 6) is 0.662. The first-order valence-electron chi connectivity index (χ1n) is 5.78. The number of hydrogen-bond acceptors (Lipinski definition) is 6. The number of carbonyl (C=O) groups excluding carboxylic acids is 1. The zero-order chi connectivity index (χ0) is 13.8. The molecule has 0 saturated heterocycles. The Morgan fingerprint density at radius 1 is 1.47 bits per heavy atom. The van der Waals surface area contributed by atoms with E-state index in [0.717, 1.165) is 0 Å². The van der Waals surface area contributed by atoms with Crippen molar-refractivity contribution in [2.24, 2.45) is 5.73 Å². The van der Waals surface area contributed by atoms with Crippen LogP contribution in [-0.2, 0) is 6.42 Å². The fraction of sp³-hybridized carbons (Fsp3) is 0.250. The molecular formula is C12H15N5O2. The van der Waals surface area contributed by atoms with Crippen LogP contribution in [0.25, 0.3) is 0 Å². The average Bonchev–Trinajstić information content (AvgIpc) is 2.77. The molecule has 0 aliphatic carbocycles. The number of nitrogens with zero attached hydrogens (tertiary/aromatic N) is 2. The Balaban J connectivity index is 1.99. The second-order valence-corrected chi connectivity index (χ2v) is 4.08. The fourth-order valence-electron chi connectivity index (χ4n) is 1.61. The molecule has 5 N–H and O–H groups in total. The van der Waals surface area contributed by atoms with Gasteiger partial charge in [0.1, 0.15) is 0 Å². The molecule has 7 heteroatoms. The number of benzene rings is 1. The van der Waals surface area contributed by atoms with Gasteiger partial charge in [0.05, 0.1) is 11.4 Å². The van der Waals surface area contributed by atoms with E-state index in [1.165, 1.54) is 0 Å². The molecule has 0 radical (unpaired) electrons. The van der Waals surface area contributed by atoms with Gasteiger partial charge in [-0.1, -0.05) is 5.16 Å². The lowest BCUT2D eigenvalue weighted by Crippen LogP contribution is -2.13. The highest BCUT2D eigenvalue weighted by atomic mass is 16.5. The molecule has 0 unspecified atom stereocenters. The molecule has 2 rings (SSSR count). The first-order chi connectivity index (χ1) is 9.06. The minimum absolute atomic E-state index is 0.408. The van der Waals surface area contributed by atoms with E-state index in [0.29, 0.717) is 41.6 Å². The van der Waals surface area contributed by atoms with Crippen LogP contribution in [-0.4, -0.2) is 22.6 Å². The van der Waals surface area contributed by atoms with E-state index in [9.17, 15) is 4.79 Å². The third kappa shape index (κ3) is 3.21. The molecule has 1 aromatic carbocycles. The van der Waals surface area contributed by atoms with Crippen molar-refractivity contribution in [1.82, 2.24) is 10.1 Å². The minimum atomic E-state index is -0.490. The summed E-state index contributed by atoms with van der Waals surface area (Å²) in [7, 11) is 0. The molecule has 0 saturated carbocycles. The highest BCUT2D eigenvalue weighted by molar-refractivity contribution is 5.94. The molecule has 7 nitrogen and oxygen atoms in total. The first kappa shape index (κ1) is 12.9. The van der Waals surface area contributed by atoms with Crippen LogP contribution in [0, 0.1) is 6.92 Å². The molecule has 1 heterocycles. The predicted molar refractivity (Wildman–Crippen MR) is 70.6 cm³/mol. The summed E-state index contributed by atoms with van der Waals surface area (Å²) in [5, 5.41) is 6.80. The number of hydrogen-bond donors (Lipinski definition) is 3. The normalized spacial score (nSPS) is 10.4. The van der Waals surface area contributed by atoms with Gasteiger partial charge in [0, 0.05) is 18.5 Å². The number of primary amides is 1. The number of anilines is 2.